The zero-order chi connectivity index (χ0) is 21.4. The van der Waals surface area contributed by atoms with Crippen LogP contribution in [-0.2, 0) is 6.42 Å². The van der Waals surface area contributed by atoms with E-state index in [1.165, 1.54) is 39.9 Å². The van der Waals surface area contributed by atoms with E-state index in [2.05, 4.69) is 35.2 Å². The van der Waals surface area contributed by atoms with Crippen LogP contribution in [0, 0.1) is 0 Å². The summed E-state index contributed by atoms with van der Waals surface area (Å²) >= 11 is 1.71. The van der Waals surface area contributed by atoms with E-state index < -0.39 is 0 Å². The molecule has 4 nitrogen and oxygen atoms in total. The molecule has 3 aromatic carbocycles. The van der Waals surface area contributed by atoms with Crippen molar-refractivity contribution >= 4 is 32.8 Å². The maximum atomic E-state index is 10.00. The van der Waals surface area contributed by atoms with Crippen molar-refractivity contribution < 1.29 is 9.84 Å². The van der Waals surface area contributed by atoms with Gasteiger partial charge in [-0.3, -0.25) is 0 Å². The molecule has 0 unspecified atom stereocenters. The minimum absolute atomic E-state index is 0.292. The highest BCUT2D eigenvalue weighted by Gasteiger charge is 2.19. The molecule has 1 aliphatic heterocycles. The van der Waals surface area contributed by atoms with Gasteiger partial charge in [-0.2, -0.15) is 0 Å². The quantitative estimate of drug-likeness (QED) is 0.378. The summed E-state index contributed by atoms with van der Waals surface area (Å²) in [5, 5.41) is 11.2. The summed E-state index contributed by atoms with van der Waals surface area (Å²) in [6, 6.07) is 20.2. The van der Waals surface area contributed by atoms with E-state index >= 15 is 0 Å². The molecule has 31 heavy (non-hydrogen) atoms. The average Bonchev–Trinajstić information content (AvgIpc) is 3.43. The van der Waals surface area contributed by atoms with E-state index in [1.54, 1.807) is 24.5 Å². The van der Waals surface area contributed by atoms with Crippen molar-refractivity contribution in [3.63, 3.8) is 0 Å². The van der Waals surface area contributed by atoms with Gasteiger partial charge >= 0.3 is 0 Å². The first-order valence-corrected chi connectivity index (χ1v) is 11.5. The number of methoxy groups -OCH3 is 1. The summed E-state index contributed by atoms with van der Waals surface area (Å²) in [5.74, 6) is 1.23. The van der Waals surface area contributed by atoms with Gasteiger partial charge in [-0.1, -0.05) is 18.2 Å². The molecule has 3 N–H and O–H groups in total. The largest absolute Gasteiger partial charge is 0.508 e. The van der Waals surface area contributed by atoms with Crippen LogP contribution in [0.5, 0.6) is 11.5 Å². The lowest BCUT2D eigenvalue weighted by molar-refractivity contribution is 0.414. The second kappa shape index (κ2) is 8.16. The number of rotatable bonds is 5. The number of aromatic hydroxyl groups is 1. The van der Waals surface area contributed by atoms with Gasteiger partial charge in [-0.05, 0) is 83.8 Å². The van der Waals surface area contributed by atoms with E-state index in [0.717, 1.165) is 41.2 Å². The molecule has 5 rings (SSSR count). The summed E-state index contributed by atoms with van der Waals surface area (Å²) < 4.78 is 6.85. The summed E-state index contributed by atoms with van der Waals surface area (Å²) in [6.45, 7) is 2.19. The standard InChI is InChI=1S/C26H26N2O2S/c1-30-24-15-17(4-11-23(24)28-12-2-3-13-28)14-22-21-10-9-20(29)16-25(21)31-26(22)18-5-7-19(27)8-6-18/h4-11,15-16,29H,2-3,12-14,27H2,1H3. The minimum Gasteiger partial charge on any atom is -0.508 e. The average molecular weight is 431 g/mol. The lowest BCUT2D eigenvalue weighted by atomic mass is 9.98. The lowest BCUT2D eigenvalue weighted by Crippen LogP contribution is -2.18. The third-order valence-electron chi connectivity index (χ3n) is 6.02. The molecule has 2 heterocycles. The third-order valence-corrected chi connectivity index (χ3v) is 7.26. The van der Waals surface area contributed by atoms with Crippen molar-refractivity contribution in [3.8, 4) is 21.9 Å². The molecular weight excluding hydrogens is 404 g/mol. The molecule has 4 aromatic rings. The van der Waals surface area contributed by atoms with Crippen LogP contribution < -0.4 is 15.4 Å². The Kier molecular flexibility index (Phi) is 5.20. The van der Waals surface area contributed by atoms with Crippen molar-refractivity contribution in [2.45, 2.75) is 19.3 Å². The van der Waals surface area contributed by atoms with Gasteiger partial charge in [0.25, 0.3) is 0 Å². The smallest absolute Gasteiger partial charge is 0.142 e. The van der Waals surface area contributed by atoms with Crippen LogP contribution in [0.2, 0.25) is 0 Å². The fourth-order valence-electron chi connectivity index (χ4n) is 4.44. The Morgan fingerprint density at radius 2 is 1.77 bits per heavy atom. The predicted molar refractivity (Wildman–Crippen MR) is 131 cm³/mol. The summed E-state index contributed by atoms with van der Waals surface area (Å²) in [4.78, 5) is 3.62. The van der Waals surface area contributed by atoms with E-state index in [1.807, 2.05) is 24.3 Å². The van der Waals surface area contributed by atoms with Crippen LogP contribution in [-0.4, -0.2) is 25.3 Å². The maximum Gasteiger partial charge on any atom is 0.142 e. The highest BCUT2D eigenvalue weighted by atomic mass is 32.1. The number of fused-ring (bicyclic) bond motifs is 1. The van der Waals surface area contributed by atoms with Crippen molar-refractivity contribution in [2.75, 3.05) is 30.8 Å². The van der Waals surface area contributed by atoms with E-state index in [-0.39, 0.29) is 0 Å². The molecule has 0 saturated carbocycles. The first kappa shape index (κ1) is 19.8. The Morgan fingerprint density at radius 3 is 2.52 bits per heavy atom. The molecule has 0 bridgehead atoms. The maximum absolute atomic E-state index is 10.00. The Hall–Kier alpha value is -3.18. The molecule has 158 valence electrons. The first-order chi connectivity index (χ1) is 15.1. The van der Waals surface area contributed by atoms with Crippen molar-refractivity contribution in [2.24, 2.45) is 0 Å². The lowest BCUT2D eigenvalue weighted by Gasteiger charge is -2.21. The van der Waals surface area contributed by atoms with Crippen LogP contribution >= 0.6 is 11.3 Å². The molecule has 0 aliphatic carbocycles. The van der Waals surface area contributed by atoms with Crippen LogP contribution in [0.3, 0.4) is 0 Å². The number of hydrogen-bond acceptors (Lipinski definition) is 5. The molecule has 1 aliphatic rings. The van der Waals surface area contributed by atoms with Gasteiger partial charge < -0.3 is 20.5 Å². The third kappa shape index (κ3) is 3.81. The molecule has 1 fully saturated rings. The van der Waals surface area contributed by atoms with Crippen molar-refractivity contribution in [1.82, 2.24) is 0 Å². The number of anilines is 2. The second-order valence-electron chi connectivity index (χ2n) is 8.09. The Bertz CT molecular complexity index is 1220. The topological polar surface area (TPSA) is 58.7 Å². The Morgan fingerprint density at radius 1 is 1.00 bits per heavy atom. The van der Waals surface area contributed by atoms with Crippen LogP contribution in [0.4, 0.5) is 11.4 Å². The van der Waals surface area contributed by atoms with Gasteiger partial charge in [0.05, 0.1) is 12.8 Å². The highest BCUT2D eigenvalue weighted by Crippen LogP contribution is 2.42. The molecule has 1 aromatic heterocycles. The predicted octanol–water partition coefficient (Wildman–Crippen LogP) is 6.06. The number of thiophene rings is 1. The second-order valence-corrected chi connectivity index (χ2v) is 9.14. The van der Waals surface area contributed by atoms with Crippen molar-refractivity contribution in [3.05, 3.63) is 71.8 Å². The number of benzene rings is 3. The molecule has 0 amide bonds. The Balaban J connectivity index is 1.58. The molecule has 0 radical (unpaired) electrons. The molecule has 5 heteroatoms. The van der Waals surface area contributed by atoms with Gasteiger partial charge in [-0.15, -0.1) is 11.3 Å². The zero-order valence-corrected chi connectivity index (χ0v) is 18.4. The molecule has 1 saturated heterocycles. The number of phenols is 1. The SMILES string of the molecule is COc1cc(Cc2c(-c3ccc(N)cc3)sc3cc(O)ccc23)ccc1N1CCCC1. The summed E-state index contributed by atoms with van der Waals surface area (Å²) in [5.41, 5.74) is 11.5. The van der Waals surface area contributed by atoms with Gasteiger partial charge in [0, 0.05) is 28.4 Å². The monoisotopic (exact) mass is 430 g/mol. The summed E-state index contributed by atoms with van der Waals surface area (Å²) in [7, 11) is 1.75. The van der Waals surface area contributed by atoms with Crippen molar-refractivity contribution in [1.29, 1.82) is 0 Å². The number of nitrogens with zero attached hydrogens (tertiary/aromatic N) is 1. The minimum atomic E-state index is 0.292. The summed E-state index contributed by atoms with van der Waals surface area (Å²) in [6.07, 6.45) is 3.27. The molecule has 0 atom stereocenters. The normalized spacial score (nSPS) is 13.8. The first-order valence-electron chi connectivity index (χ1n) is 10.6. The van der Waals surface area contributed by atoms with E-state index in [9.17, 15) is 5.11 Å². The van der Waals surface area contributed by atoms with E-state index in [4.69, 9.17) is 10.5 Å². The van der Waals surface area contributed by atoms with Crippen LogP contribution in [0.15, 0.2) is 60.7 Å². The fourth-order valence-corrected chi connectivity index (χ4v) is 5.70. The van der Waals surface area contributed by atoms with E-state index in [0.29, 0.717) is 5.75 Å². The Labute approximate surface area is 186 Å². The van der Waals surface area contributed by atoms with Crippen LogP contribution in [0.1, 0.15) is 24.0 Å². The van der Waals surface area contributed by atoms with Crippen LogP contribution in [0.25, 0.3) is 20.5 Å². The molecule has 0 spiro atoms. The molecular formula is C26H26N2O2S. The number of nitrogen functional groups attached to an aromatic ring is 1. The van der Waals surface area contributed by atoms with Gasteiger partial charge in [-0.25, -0.2) is 0 Å². The number of phenolic OH excluding ortho intramolecular Hbond substituents is 1. The van der Waals surface area contributed by atoms with Gasteiger partial charge in [0.1, 0.15) is 11.5 Å². The number of nitrogens with two attached hydrogens (primary N) is 1. The van der Waals surface area contributed by atoms with Gasteiger partial charge in [0.2, 0.25) is 0 Å². The van der Waals surface area contributed by atoms with Gasteiger partial charge in [0.15, 0.2) is 0 Å². The highest BCUT2D eigenvalue weighted by molar-refractivity contribution is 7.22. The number of ether oxygens (including phenoxy) is 1. The fraction of sp³-hybridized carbons (Fsp3) is 0.231. The zero-order valence-electron chi connectivity index (χ0n) is 17.6. The number of hydrogen-bond donors (Lipinski definition) is 2.